The number of carboxylic acids is 1. The number of halogens is 1. The number of tetrazole rings is 1. The third kappa shape index (κ3) is 5.45. The second kappa shape index (κ2) is 11.9. The van der Waals surface area contributed by atoms with Crippen LogP contribution in [-0.2, 0) is 24.2 Å². The zero-order valence-corrected chi connectivity index (χ0v) is 25.4. The molecule has 212 valence electrons. The van der Waals surface area contributed by atoms with Crippen molar-refractivity contribution >= 4 is 50.3 Å². The molecule has 0 bridgehead atoms. The Bertz CT molecular complexity index is 1900. The minimum absolute atomic E-state index is 0.336. The summed E-state index contributed by atoms with van der Waals surface area (Å²) in [5.74, 6) is 1.24. The minimum Gasteiger partial charge on any atom is -0.478 e. The van der Waals surface area contributed by atoms with Crippen molar-refractivity contribution < 1.29 is 14.3 Å². The van der Waals surface area contributed by atoms with Gasteiger partial charge < -0.3 is 14.1 Å². The van der Waals surface area contributed by atoms with Crippen LogP contribution in [0.2, 0.25) is 0 Å². The lowest BCUT2D eigenvalue weighted by molar-refractivity contribution is -0.132. The second-order valence-corrected chi connectivity index (χ2v) is 11.8. The van der Waals surface area contributed by atoms with Gasteiger partial charge >= 0.3 is 5.97 Å². The zero-order valence-electron chi connectivity index (χ0n) is 23.0. The van der Waals surface area contributed by atoms with Gasteiger partial charge in [0.1, 0.15) is 17.2 Å². The number of nitrogens with one attached hydrogen (secondary N) is 1. The van der Waals surface area contributed by atoms with Crippen LogP contribution in [0.25, 0.3) is 39.8 Å². The van der Waals surface area contributed by atoms with E-state index in [0.29, 0.717) is 30.1 Å². The summed E-state index contributed by atoms with van der Waals surface area (Å²) in [6.45, 7) is 4.60. The molecule has 2 aromatic carbocycles. The summed E-state index contributed by atoms with van der Waals surface area (Å²) in [4.78, 5) is 18.1. The lowest BCUT2D eigenvalue weighted by Crippen LogP contribution is -2.09. The van der Waals surface area contributed by atoms with Gasteiger partial charge in [-0.3, -0.25) is 0 Å². The Morgan fingerprint density at radius 3 is 2.71 bits per heavy atom. The SMILES string of the molecule is CCCc1nc(C)c(C=C(Cc2cccs2)C(=O)O)n1Cc1ccc2oc(-c3ccccc3-c3nnn[nH]3)c(Br)c2c1. The highest BCUT2D eigenvalue weighted by Gasteiger charge is 2.21. The van der Waals surface area contributed by atoms with Gasteiger partial charge in [-0.2, -0.15) is 0 Å². The predicted molar refractivity (Wildman–Crippen MR) is 166 cm³/mol. The molecule has 0 fully saturated rings. The summed E-state index contributed by atoms with van der Waals surface area (Å²) < 4.78 is 9.30. The molecule has 0 atom stereocenters. The molecule has 0 unspecified atom stereocenters. The fraction of sp³-hybridized carbons (Fsp3) is 0.194. The Morgan fingerprint density at radius 1 is 1.17 bits per heavy atom. The summed E-state index contributed by atoms with van der Waals surface area (Å²) in [5, 5.41) is 27.3. The molecule has 2 N–H and O–H groups in total. The molecule has 4 heterocycles. The Kier molecular flexibility index (Phi) is 7.86. The van der Waals surface area contributed by atoms with Gasteiger partial charge in [0, 0.05) is 46.3 Å². The van der Waals surface area contributed by atoms with Crippen molar-refractivity contribution in [1.29, 1.82) is 0 Å². The molecule has 4 aromatic heterocycles. The number of rotatable bonds is 10. The number of benzene rings is 2. The number of carbonyl (C=O) groups is 1. The molecule has 0 aliphatic carbocycles. The largest absolute Gasteiger partial charge is 0.478 e. The van der Waals surface area contributed by atoms with Gasteiger partial charge in [0.05, 0.1) is 15.9 Å². The van der Waals surface area contributed by atoms with Gasteiger partial charge in [0.25, 0.3) is 0 Å². The van der Waals surface area contributed by atoms with E-state index in [1.807, 2.05) is 60.8 Å². The number of aryl methyl sites for hydroxylation is 2. The number of thiophene rings is 1. The standard InChI is InChI=1S/C31H27BrN6O3S/c1-3-7-27-33-18(2)25(16-20(31(39)40)15-21-8-6-13-42-21)38(27)17-19-11-12-26-24(14-19)28(32)29(41-26)22-9-4-5-10-23(22)30-34-36-37-35-30/h4-6,8-14,16H,3,7,15,17H2,1-2H3,(H,39,40)(H,34,35,36,37). The van der Waals surface area contributed by atoms with Gasteiger partial charge in [0.2, 0.25) is 0 Å². The first-order valence-electron chi connectivity index (χ1n) is 13.5. The number of fused-ring (bicyclic) bond motifs is 1. The average Bonchev–Trinajstić information content (AvgIpc) is 3.79. The van der Waals surface area contributed by atoms with Crippen molar-refractivity contribution in [2.75, 3.05) is 0 Å². The maximum absolute atomic E-state index is 12.2. The molecule has 0 aliphatic heterocycles. The summed E-state index contributed by atoms with van der Waals surface area (Å²) in [6, 6.07) is 17.8. The molecule has 0 amide bonds. The third-order valence-electron chi connectivity index (χ3n) is 7.08. The molecule has 0 saturated carbocycles. The van der Waals surface area contributed by atoms with Crippen molar-refractivity contribution in [2.24, 2.45) is 0 Å². The van der Waals surface area contributed by atoms with Gasteiger partial charge in [-0.05, 0) is 74.9 Å². The number of carboxylic acid groups (broad SMARTS) is 1. The normalized spacial score (nSPS) is 11.9. The van der Waals surface area contributed by atoms with Crippen LogP contribution in [0, 0.1) is 6.92 Å². The highest BCUT2D eigenvalue weighted by molar-refractivity contribution is 9.10. The second-order valence-electron chi connectivity index (χ2n) is 9.94. The van der Waals surface area contributed by atoms with Crippen molar-refractivity contribution in [1.82, 2.24) is 30.2 Å². The van der Waals surface area contributed by atoms with Crippen molar-refractivity contribution in [3.63, 3.8) is 0 Å². The molecule has 6 rings (SSSR count). The molecular formula is C31H27BrN6O3S. The summed E-state index contributed by atoms with van der Waals surface area (Å²) >= 11 is 5.35. The first-order chi connectivity index (χ1) is 20.4. The summed E-state index contributed by atoms with van der Waals surface area (Å²) in [6.07, 6.45) is 3.86. The number of imidazole rings is 1. The fourth-order valence-corrected chi connectivity index (χ4v) is 6.44. The van der Waals surface area contributed by atoms with Crippen LogP contribution in [0.1, 0.15) is 41.0 Å². The van der Waals surface area contributed by atoms with Gasteiger partial charge in [-0.15, -0.1) is 16.4 Å². The molecule has 11 heteroatoms. The van der Waals surface area contributed by atoms with Crippen LogP contribution < -0.4 is 0 Å². The molecule has 6 aromatic rings. The summed E-state index contributed by atoms with van der Waals surface area (Å²) in [5.41, 5.74) is 5.44. The minimum atomic E-state index is -0.926. The average molecular weight is 644 g/mol. The number of hydrogen-bond acceptors (Lipinski definition) is 7. The first-order valence-corrected chi connectivity index (χ1v) is 15.2. The molecular weight excluding hydrogens is 616 g/mol. The number of hydrogen-bond donors (Lipinski definition) is 2. The molecule has 9 nitrogen and oxygen atoms in total. The lowest BCUT2D eigenvalue weighted by atomic mass is 10.0. The molecule has 42 heavy (non-hydrogen) atoms. The topological polar surface area (TPSA) is 123 Å². The zero-order chi connectivity index (χ0) is 29.2. The third-order valence-corrected chi connectivity index (χ3v) is 8.74. The monoisotopic (exact) mass is 642 g/mol. The maximum Gasteiger partial charge on any atom is 0.332 e. The van der Waals surface area contributed by atoms with E-state index < -0.39 is 5.97 Å². The molecule has 0 aliphatic rings. The Hall–Kier alpha value is -4.35. The Labute approximate surface area is 254 Å². The van der Waals surface area contributed by atoms with E-state index in [-0.39, 0.29) is 0 Å². The van der Waals surface area contributed by atoms with Crippen LogP contribution in [0.15, 0.2) is 74.4 Å². The van der Waals surface area contributed by atoms with E-state index in [1.54, 1.807) is 17.4 Å². The van der Waals surface area contributed by atoms with E-state index in [1.165, 1.54) is 0 Å². The number of H-pyrrole nitrogens is 1. The quantitative estimate of drug-likeness (QED) is 0.150. The molecule has 0 spiro atoms. The number of nitrogens with zero attached hydrogens (tertiary/aromatic N) is 5. The van der Waals surface area contributed by atoms with Gasteiger partial charge in [-0.25, -0.2) is 14.9 Å². The van der Waals surface area contributed by atoms with Gasteiger partial charge in [0.15, 0.2) is 5.82 Å². The predicted octanol–water partition coefficient (Wildman–Crippen LogP) is 7.32. The fourth-order valence-electron chi connectivity index (χ4n) is 5.10. The number of furan rings is 1. The molecule has 0 saturated heterocycles. The van der Waals surface area contributed by atoms with E-state index in [9.17, 15) is 9.90 Å². The van der Waals surface area contributed by atoms with Crippen LogP contribution in [0.3, 0.4) is 0 Å². The van der Waals surface area contributed by atoms with E-state index in [2.05, 4.69) is 54.1 Å². The van der Waals surface area contributed by atoms with Crippen molar-refractivity contribution in [3.05, 3.63) is 97.7 Å². The summed E-state index contributed by atoms with van der Waals surface area (Å²) in [7, 11) is 0. The number of aliphatic carboxylic acids is 1. The maximum atomic E-state index is 12.2. The number of aromatic nitrogens is 6. The van der Waals surface area contributed by atoms with Crippen LogP contribution in [-0.4, -0.2) is 41.3 Å². The van der Waals surface area contributed by atoms with Crippen LogP contribution >= 0.6 is 27.3 Å². The van der Waals surface area contributed by atoms with Crippen molar-refractivity contribution in [3.8, 4) is 22.7 Å². The first kappa shape index (κ1) is 27.8. The van der Waals surface area contributed by atoms with E-state index in [0.717, 1.165) is 67.1 Å². The van der Waals surface area contributed by atoms with Gasteiger partial charge in [-0.1, -0.05) is 43.3 Å². The number of aromatic amines is 1. The van der Waals surface area contributed by atoms with Crippen LogP contribution in [0.5, 0.6) is 0 Å². The van der Waals surface area contributed by atoms with Crippen molar-refractivity contribution in [2.45, 2.75) is 39.7 Å². The Morgan fingerprint density at radius 2 is 2.00 bits per heavy atom. The smallest absolute Gasteiger partial charge is 0.332 e. The lowest BCUT2D eigenvalue weighted by Gasteiger charge is -2.12. The highest BCUT2D eigenvalue weighted by atomic mass is 79.9. The van der Waals surface area contributed by atoms with E-state index in [4.69, 9.17) is 9.40 Å². The molecule has 0 radical (unpaired) electrons. The van der Waals surface area contributed by atoms with Crippen LogP contribution in [0.4, 0.5) is 0 Å². The van der Waals surface area contributed by atoms with E-state index >= 15 is 0 Å². The Balaban J connectivity index is 1.40. The highest BCUT2D eigenvalue weighted by Crippen LogP contribution is 2.41.